The van der Waals surface area contributed by atoms with Crippen LogP contribution in [0.5, 0.6) is 5.75 Å². The molecule has 1 aromatic carbocycles. The van der Waals surface area contributed by atoms with Crippen LogP contribution < -0.4 is 10.5 Å². The number of thiazole rings is 1. The summed E-state index contributed by atoms with van der Waals surface area (Å²) in [6.07, 6.45) is 0. The maximum absolute atomic E-state index is 5.99. The molecule has 4 heteroatoms. The van der Waals surface area contributed by atoms with Crippen molar-refractivity contribution in [3.05, 3.63) is 28.3 Å². The van der Waals surface area contributed by atoms with Crippen molar-refractivity contribution in [2.24, 2.45) is 0 Å². The average Bonchev–Trinajstić information content (AvgIpc) is 2.60. The molecule has 0 bridgehead atoms. The molecule has 0 saturated heterocycles. The van der Waals surface area contributed by atoms with Crippen molar-refractivity contribution < 1.29 is 4.74 Å². The van der Waals surface area contributed by atoms with Crippen molar-refractivity contribution in [2.75, 3.05) is 12.8 Å². The number of nitrogens with zero attached hydrogens (tertiary/aromatic N) is 1. The minimum absolute atomic E-state index is 0.773. The lowest BCUT2D eigenvalue weighted by atomic mass is 10.0. The van der Waals surface area contributed by atoms with E-state index in [-0.39, 0.29) is 0 Å². The number of methoxy groups -OCH3 is 1. The van der Waals surface area contributed by atoms with Gasteiger partial charge < -0.3 is 10.5 Å². The van der Waals surface area contributed by atoms with Crippen molar-refractivity contribution in [3.8, 4) is 17.0 Å². The SMILES string of the molecule is COc1cc(C)c(-c2nc(C)sc2N)cc1C. The van der Waals surface area contributed by atoms with Crippen molar-refractivity contribution in [2.45, 2.75) is 20.8 Å². The third-order valence-corrected chi connectivity index (χ3v) is 3.56. The average molecular weight is 248 g/mol. The molecule has 3 nitrogen and oxygen atoms in total. The molecule has 0 aliphatic heterocycles. The summed E-state index contributed by atoms with van der Waals surface area (Å²) in [6.45, 7) is 6.04. The van der Waals surface area contributed by atoms with Crippen LogP contribution in [0.3, 0.4) is 0 Å². The molecule has 0 amide bonds. The molecule has 0 radical (unpaired) electrons. The van der Waals surface area contributed by atoms with E-state index in [0.29, 0.717) is 0 Å². The fourth-order valence-corrected chi connectivity index (χ4v) is 2.61. The Morgan fingerprint density at radius 1 is 1.18 bits per heavy atom. The van der Waals surface area contributed by atoms with Gasteiger partial charge in [-0.05, 0) is 44.0 Å². The summed E-state index contributed by atoms with van der Waals surface area (Å²) in [5, 5.41) is 1.76. The summed E-state index contributed by atoms with van der Waals surface area (Å²) in [4.78, 5) is 4.49. The molecule has 0 saturated carbocycles. The van der Waals surface area contributed by atoms with Gasteiger partial charge in [0.15, 0.2) is 0 Å². The Balaban J connectivity index is 2.60. The third kappa shape index (κ3) is 2.13. The minimum Gasteiger partial charge on any atom is -0.496 e. The molecular formula is C13H16N2OS. The molecule has 1 heterocycles. The molecule has 2 N–H and O–H groups in total. The van der Waals surface area contributed by atoms with Gasteiger partial charge in [-0.15, -0.1) is 11.3 Å². The number of aromatic nitrogens is 1. The molecule has 0 spiro atoms. The topological polar surface area (TPSA) is 48.1 Å². The molecule has 0 aliphatic carbocycles. The zero-order valence-electron chi connectivity index (χ0n) is 10.5. The predicted molar refractivity (Wildman–Crippen MR) is 72.7 cm³/mol. The summed E-state index contributed by atoms with van der Waals surface area (Å²) in [5.41, 5.74) is 10.2. The number of ether oxygens (including phenoxy) is 1. The highest BCUT2D eigenvalue weighted by molar-refractivity contribution is 7.16. The Morgan fingerprint density at radius 3 is 2.41 bits per heavy atom. The molecule has 17 heavy (non-hydrogen) atoms. The van der Waals surface area contributed by atoms with Gasteiger partial charge in [-0.1, -0.05) is 0 Å². The zero-order chi connectivity index (χ0) is 12.6. The Kier molecular flexibility index (Phi) is 3.07. The highest BCUT2D eigenvalue weighted by atomic mass is 32.1. The van der Waals surface area contributed by atoms with Gasteiger partial charge in [0, 0.05) is 5.56 Å². The molecule has 0 aliphatic rings. The maximum Gasteiger partial charge on any atom is 0.122 e. The first-order valence-corrected chi connectivity index (χ1v) is 6.23. The normalized spacial score (nSPS) is 10.6. The second kappa shape index (κ2) is 4.37. The number of rotatable bonds is 2. The molecular weight excluding hydrogens is 232 g/mol. The van der Waals surface area contributed by atoms with Gasteiger partial charge in [-0.25, -0.2) is 4.98 Å². The number of hydrogen-bond donors (Lipinski definition) is 1. The lowest BCUT2D eigenvalue weighted by molar-refractivity contribution is 0.411. The van der Waals surface area contributed by atoms with Crippen LogP contribution in [-0.4, -0.2) is 12.1 Å². The number of nitrogens with two attached hydrogens (primary N) is 1. The van der Waals surface area contributed by atoms with Crippen LogP contribution in [-0.2, 0) is 0 Å². The van der Waals surface area contributed by atoms with Gasteiger partial charge in [0.25, 0.3) is 0 Å². The monoisotopic (exact) mass is 248 g/mol. The van der Waals surface area contributed by atoms with Gasteiger partial charge in [0.1, 0.15) is 16.4 Å². The molecule has 90 valence electrons. The van der Waals surface area contributed by atoms with E-state index in [0.717, 1.165) is 38.1 Å². The van der Waals surface area contributed by atoms with E-state index < -0.39 is 0 Å². The molecule has 2 rings (SSSR count). The van der Waals surface area contributed by atoms with E-state index in [1.54, 1.807) is 7.11 Å². The molecule has 0 fully saturated rings. The van der Waals surface area contributed by atoms with Gasteiger partial charge in [0.05, 0.1) is 12.1 Å². The van der Waals surface area contributed by atoms with Crippen molar-refractivity contribution >= 4 is 16.3 Å². The lowest BCUT2D eigenvalue weighted by Crippen LogP contribution is -1.93. The lowest BCUT2D eigenvalue weighted by Gasteiger charge is -2.10. The fourth-order valence-electron chi connectivity index (χ4n) is 1.90. The number of benzene rings is 1. The van der Waals surface area contributed by atoms with Gasteiger partial charge in [-0.3, -0.25) is 0 Å². The van der Waals surface area contributed by atoms with Crippen molar-refractivity contribution in [3.63, 3.8) is 0 Å². The van der Waals surface area contributed by atoms with E-state index in [4.69, 9.17) is 10.5 Å². The molecule has 2 aromatic rings. The smallest absolute Gasteiger partial charge is 0.122 e. The third-order valence-electron chi connectivity index (χ3n) is 2.76. The van der Waals surface area contributed by atoms with Gasteiger partial charge >= 0.3 is 0 Å². The van der Waals surface area contributed by atoms with Crippen LogP contribution in [0.4, 0.5) is 5.00 Å². The Hall–Kier alpha value is -1.55. The van der Waals surface area contributed by atoms with E-state index >= 15 is 0 Å². The summed E-state index contributed by atoms with van der Waals surface area (Å²) in [6, 6.07) is 4.11. The van der Waals surface area contributed by atoms with Crippen LogP contribution >= 0.6 is 11.3 Å². The minimum atomic E-state index is 0.773. The summed E-state index contributed by atoms with van der Waals surface area (Å²) in [5.74, 6) is 0.900. The Morgan fingerprint density at radius 2 is 1.88 bits per heavy atom. The molecule has 1 aromatic heterocycles. The quantitative estimate of drug-likeness (QED) is 0.886. The van der Waals surface area contributed by atoms with E-state index in [2.05, 4.69) is 11.1 Å². The first-order chi connectivity index (χ1) is 8.02. The Bertz CT molecular complexity index is 561. The van der Waals surface area contributed by atoms with Crippen LogP contribution in [0.2, 0.25) is 0 Å². The van der Waals surface area contributed by atoms with E-state index in [9.17, 15) is 0 Å². The molecule has 0 unspecified atom stereocenters. The highest BCUT2D eigenvalue weighted by Crippen LogP contribution is 2.35. The zero-order valence-corrected chi connectivity index (χ0v) is 11.3. The summed E-state index contributed by atoms with van der Waals surface area (Å²) >= 11 is 1.52. The van der Waals surface area contributed by atoms with E-state index in [1.165, 1.54) is 11.3 Å². The summed E-state index contributed by atoms with van der Waals surface area (Å²) < 4.78 is 5.30. The van der Waals surface area contributed by atoms with Crippen molar-refractivity contribution in [1.82, 2.24) is 4.98 Å². The number of hydrogen-bond acceptors (Lipinski definition) is 4. The Labute approximate surface area is 105 Å². The van der Waals surface area contributed by atoms with Gasteiger partial charge in [0.2, 0.25) is 0 Å². The number of nitrogen functional groups attached to an aromatic ring is 1. The largest absolute Gasteiger partial charge is 0.496 e. The summed E-state index contributed by atoms with van der Waals surface area (Å²) in [7, 11) is 1.68. The first-order valence-electron chi connectivity index (χ1n) is 5.41. The van der Waals surface area contributed by atoms with E-state index in [1.807, 2.05) is 26.8 Å². The second-order valence-corrected chi connectivity index (χ2v) is 5.32. The predicted octanol–water partition coefficient (Wildman–Crippen LogP) is 3.33. The van der Waals surface area contributed by atoms with Crippen LogP contribution in [0.1, 0.15) is 16.1 Å². The maximum atomic E-state index is 5.99. The van der Waals surface area contributed by atoms with Crippen molar-refractivity contribution in [1.29, 1.82) is 0 Å². The second-order valence-electron chi connectivity index (χ2n) is 4.08. The van der Waals surface area contributed by atoms with Crippen LogP contribution in [0.25, 0.3) is 11.3 Å². The standard InChI is InChI=1S/C13H16N2OS/c1-7-6-11(16-4)8(2)5-10(7)12-13(14)17-9(3)15-12/h5-6H,14H2,1-4H3. The first kappa shape index (κ1) is 11.9. The van der Waals surface area contributed by atoms with Crippen LogP contribution in [0.15, 0.2) is 12.1 Å². The highest BCUT2D eigenvalue weighted by Gasteiger charge is 2.13. The number of anilines is 1. The fraction of sp³-hybridized carbons (Fsp3) is 0.308. The number of aryl methyl sites for hydroxylation is 3. The van der Waals surface area contributed by atoms with Gasteiger partial charge in [-0.2, -0.15) is 0 Å². The van der Waals surface area contributed by atoms with Crippen LogP contribution in [0, 0.1) is 20.8 Å². The molecule has 0 atom stereocenters.